The standard InChI is InChI=1S/C12H24N2O2/c1-3-13-7-10(2)12(15)14-8-11-5-4-6-16-9-11/h10-11,13H,3-9H2,1-2H3,(H,14,15). The topological polar surface area (TPSA) is 50.4 Å². The molecular weight excluding hydrogens is 204 g/mol. The van der Waals surface area contributed by atoms with E-state index in [-0.39, 0.29) is 11.8 Å². The number of rotatable bonds is 6. The molecule has 2 unspecified atom stereocenters. The van der Waals surface area contributed by atoms with Crippen molar-refractivity contribution in [1.82, 2.24) is 10.6 Å². The van der Waals surface area contributed by atoms with Crippen LogP contribution in [0.3, 0.4) is 0 Å². The normalized spacial score (nSPS) is 22.8. The number of hydrogen-bond donors (Lipinski definition) is 2. The monoisotopic (exact) mass is 228 g/mol. The van der Waals surface area contributed by atoms with Crippen LogP contribution in [0.5, 0.6) is 0 Å². The number of carbonyl (C=O) groups is 1. The van der Waals surface area contributed by atoms with Crippen LogP contribution in [0, 0.1) is 11.8 Å². The predicted molar refractivity (Wildman–Crippen MR) is 64.3 cm³/mol. The van der Waals surface area contributed by atoms with E-state index in [0.29, 0.717) is 5.92 Å². The molecule has 16 heavy (non-hydrogen) atoms. The van der Waals surface area contributed by atoms with E-state index < -0.39 is 0 Å². The summed E-state index contributed by atoms with van der Waals surface area (Å²) in [5.74, 6) is 0.694. The molecule has 0 aromatic heterocycles. The van der Waals surface area contributed by atoms with Crippen molar-refractivity contribution in [2.45, 2.75) is 26.7 Å². The molecule has 1 heterocycles. The van der Waals surface area contributed by atoms with Crippen molar-refractivity contribution in [3.8, 4) is 0 Å². The predicted octanol–water partition coefficient (Wildman–Crippen LogP) is 0.775. The molecule has 0 aromatic rings. The smallest absolute Gasteiger partial charge is 0.224 e. The zero-order valence-electron chi connectivity index (χ0n) is 10.4. The molecule has 0 aromatic carbocycles. The number of nitrogens with one attached hydrogen (secondary N) is 2. The van der Waals surface area contributed by atoms with Crippen molar-refractivity contribution in [2.24, 2.45) is 11.8 Å². The van der Waals surface area contributed by atoms with E-state index >= 15 is 0 Å². The van der Waals surface area contributed by atoms with E-state index in [1.54, 1.807) is 0 Å². The number of hydrogen-bond acceptors (Lipinski definition) is 3. The average Bonchev–Trinajstić information content (AvgIpc) is 2.34. The summed E-state index contributed by atoms with van der Waals surface area (Å²) in [6, 6.07) is 0. The van der Waals surface area contributed by atoms with Crippen LogP contribution in [0.4, 0.5) is 0 Å². The molecule has 4 nitrogen and oxygen atoms in total. The number of amides is 1. The molecule has 0 saturated carbocycles. The minimum atomic E-state index is 0.0458. The van der Waals surface area contributed by atoms with E-state index in [0.717, 1.165) is 39.3 Å². The van der Waals surface area contributed by atoms with E-state index in [4.69, 9.17) is 4.74 Å². The maximum Gasteiger partial charge on any atom is 0.224 e. The van der Waals surface area contributed by atoms with E-state index in [1.165, 1.54) is 6.42 Å². The molecule has 2 atom stereocenters. The summed E-state index contributed by atoms with van der Waals surface area (Å²) >= 11 is 0. The maximum absolute atomic E-state index is 11.7. The molecular formula is C12H24N2O2. The van der Waals surface area contributed by atoms with Gasteiger partial charge in [-0.15, -0.1) is 0 Å². The Kier molecular flexibility index (Phi) is 6.42. The van der Waals surface area contributed by atoms with E-state index in [9.17, 15) is 4.79 Å². The SMILES string of the molecule is CCNCC(C)C(=O)NCC1CCCOC1. The van der Waals surface area contributed by atoms with Gasteiger partial charge in [-0.1, -0.05) is 13.8 Å². The van der Waals surface area contributed by atoms with Gasteiger partial charge >= 0.3 is 0 Å². The number of ether oxygens (including phenoxy) is 1. The summed E-state index contributed by atoms with van der Waals surface area (Å²) in [7, 11) is 0. The zero-order valence-corrected chi connectivity index (χ0v) is 10.4. The highest BCUT2D eigenvalue weighted by Gasteiger charge is 2.17. The quantitative estimate of drug-likeness (QED) is 0.706. The van der Waals surface area contributed by atoms with Gasteiger partial charge in [0.25, 0.3) is 0 Å². The van der Waals surface area contributed by atoms with Gasteiger partial charge in [-0.05, 0) is 25.3 Å². The molecule has 94 valence electrons. The summed E-state index contributed by atoms with van der Waals surface area (Å²) in [6.07, 6.45) is 2.29. The van der Waals surface area contributed by atoms with Crippen LogP contribution in [0.1, 0.15) is 26.7 Å². The van der Waals surface area contributed by atoms with Crippen molar-refractivity contribution < 1.29 is 9.53 Å². The lowest BCUT2D eigenvalue weighted by Gasteiger charge is -2.23. The molecule has 0 aliphatic carbocycles. The summed E-state index contributed by atoms with van der Waals surface area (Å²) < 4.78 is 5.38. The fourth-order valence-corrected chi connectivity index (χ4v) is 1.84. The van der Waals surface area contributed by atoms with Crippen LogP contribution in [-0.2, 0) is 9.53 Å². The Hall–Kier alpha value is -0.610. The second-order valence-electron chi connectivity index (χ2n) is 4.54. The molecule has 1 rings (SSSR count). The number of carbonyl (C=O) groups excluding carboxylic acids is 1. The largest absolute Gasteiger partial charge is 0.381 e. The Morgan fingerprint density at radius 2 is 2.38 bits per heavy atom. The van der Waals surface area contributed by atoms with Crippen molar-refractivity contribution in [3.05, 3.63) is 0 Å². The second kappa shape index (κ2) is 7.63. The lowest BCUT2D eigenvalue weighted by atomic mass is 10.0. The van der Waals surface area contributed by atoms with Crippen LogP contribution in [0.25, 0.3) is 0 Å². The first-order valence-electron chi connectivity index (χ1n) is 6.30. The highest BCUT2D eigenvalue weighted by Crippen LogP contribution is 2.12. The molecule has 2 N–H and O–H groups in total. The third-order valence-corrected chi connectivity index (χ3v) is 2.97. The van der Waals surface area contributed by atoms with Gasteiger partial charge in [0.15, 0.2) is 0 Å². The van der Waals surface area contributed by atoms with E-state index in [1.807, 2.05) is 13.8 Å². The fraction of sp³-hybridized carbons (Fsp3) is 0.917. The highest BCUT2D eigenvalue weighted by molar-refractivity contribution is 5.78. The molecule has 0 radical (unpaired) electrons. The maximum atomic E-state index is 11.7. The van der Waals surface area contributed by atoms with Crippen molar-refractivity contribution in [3.63, 3.8) is 0 Å². The Bertz CT molecular complexity index is 203. The third-order valence-electron chi connectivity index (χ3n) is 2.97. The summed E-state index contributed by atoms with van der Waals surface area (Å²) in [5.41, 5.74) is 0. The van der Waals surface area contributed by atoms with Crippen LogP contribution in [0.15, 0.2) is 0 Å². The third kappa shape index (κ3) is 4.94. The minimum Gasteiger partial charge on any atom is -0.381 e. The lowest BCUT2D eigenvalue weighted by Crippen LogP contribution is -2.39. The first-order valence-corrected chi connectivity index (χ1v) is 6.30. The molecule has 4 heteroatoms. The summed E-state index contributed by atoms with van der Waals surface area (Å²) in [5, 5.41) is 6.18. The fourth-order valence-electron chi connectivity index (χ4n) is 1.84. The van der Waals surface area contributed by atoms with Gasteiger partial charge in [-0.25, -0.2) is 0 Å². The van der Waals surface area contributed by atoms with Crippen molar-refractivity contribution in [2.75, 3.05) is 32.8 Å². The molecule has 0 spiro atoms. The molecule has 1 aliphatic rings. The van der Waals surface area contributed by atoms with Gasteiger partial charge in [-0.3, -0.25) is 4.79 Å². The Balaban J connectivity index is 2.12. The molecule has 1 saturated heterocycles. The van der Waals surface area contributed by atoms with Gasteiger partial charge < -0.3 is 15.4 Å². The van der Waals surface area contributed by atoms with Gasteiger partial charge in [0.1, 0.15) is 0 Å². The Morgan fingerprint density at radius 1 is 1.56 bits per heavy atom. The first-order chi connectivity index (χ1) is 7.74. The Labute approximate surface area is 98.1 Å². The van der Waals surface area contributed by atoms with Crippen molar-refractivity contribution in [1.29, 1.82) is 0 Å². The second-order valence-corrected chi connectivity index (χ2v) is 4.54. The van der Waals surface area contributed by atoms with Gasteiger partial charge in [0.2, 0.25) is 5.91 Å². The van der Waals surface area contributed by atoms with Gasteiger partial charge in [-0.2, -0.15) is 0 Å². The highest BCUT2D eigenvalue weighted by atomic mass is 16.5. The molecule has 1 fully saturated rings. The van der Waals surface area contributed by atoms with Crippen LogP contribution >= 0.6 is 0 Å². The molecule has 1 aliphatic heterocycles. The van der Waals surface area contributed by atoms with Crippen molar-refractivity contribution >= 4 is 5.91 Å². The summed E-state index contributed by atoms with van der Waals surface area (Å²) in [6.45, 7) is 8.09. The summed E-state index contributed by atoms with van der Waals surface area (Å²) in [4.78, 5) is 11.7. The first kappa shape index (κ1) is 13.5. The van der Waals surface area contributed by atoms with Crippen LogP contribution < -0.4 is 10.6 Å². The van der Waals surface area contributed by atoms with Crippen LogP contribution in [0.2, 0.25) is 0 Å². The molecule has 1 amide bonds. The molecule has 0 bridgehead atoms. The van der Waals surface area contributed by atoms with E-state index in [2.05, 4.69) is 10.6 Å². The average molecular weight is 228 g/mol. The van der Waals surface area contributed by atoms with Crippen LogP contribution in [-0.4, -0.2) is 38.8 Å². The van der Waals surface area contributed by atoms with Gasteiger partial charge in [0.05, 0.1) is 6.61 Å². The van der Waals surface area contributed by atoms with Gasteiger partial charge in [0, 0.05) is 25.6 Å². The minimum absolute atomic E-state index is 0.0458. The Morgan fingerprint density at radius 3 is 3.00 bits per heavy atom. The lowest BCUT2D eigenvalue weighted by molar-refractivity contribution is -0.124. The zero-order chi connectivity index (χ0) is 11.8.